The molecular weight excluding hydrogens is 308 g/mol. The topological polar surface area (TPSA) is 86.9 Å². The summed E-state index contributed by atoms with van der Waals surface area (Å²) >= 11 is 1.73. The molecule has 0 bridgehead atoms. The van der Waals surface area contributed by atoms with Crippen LogP contribution in [0.5, 0.6) is 0 Å². The standard InChI is InChI=1S/C13H24N4O2S2/c1-3-7-14-8-10-9-15-16-13(10)21(18,19)17-11-5-4-6-12(11)20-2/h9,11-12,14,17H,3-8H2,1-2H3,(H,15,16). The molecule has 0 aromatic carbocycles. The first-order valence-electron chi connectivity index (χ1n) is 7.36. The predicted octanol–water partition coefficient (Wildman–Crippen LogP) is 1.47. The normalized spacial score (nSPS) is 22.8. The predicted molar refractivity (Wildman–Crippen MR) is 85.8 cm³/mol. The minimum Gasteiger partial charge on any atom is -0.313 e. The van der Waals surface area contributed by atoms with Crippen LogP contribution < -0.4 is 10.0 Å². The van der Waals surface area contributed by atoms with Gasteiger partial charge in [0.05, 0.1) is 6.20 Å². The van der Waals surface area contributed by atoms with Crippen LogP contribution in [0.2, 0.25) is 0 Å². The highest BCUT2D eigenvalue weighted by Gasteiger charge is 2.32. The fourth-order valence-electron chi connectivity index (χ4n) is 2.66. The van der Waals surface area contributed by atoms with Crippen LogP contribution in [0.4, 0.5) is 0 Å². The average Bonchev–Trinajstić information content (AvgIpc) is 3.07. The van der Waals surface area contributed by atoms with E-state index in [1.807, 2.05) is 6.26 Å². The molecule has 1 aromatic heterocycles. The molecule has 1 aliphatic rings. The van der Waals surface area contributed by atoms with Crippen molar-refractivity contribution >= 4 is 21.8 Å². The SMILES string of the molecule is CCCNCc1cn[nH]c1S(=O)(=O)NC1CCCC1SC. The number of aromatic amines is 1. The highest BCUT2D eigenvalue weighted by atomic mass is 32.2. The summed E-state index contributed by atoms with van der Waals surface area (Å²) in [5.41, 5.74) is 0.689. The summed E-state index contributed by atoms with van der Waals surface area (Å²) in [5, 5.41) is 10.3. The molecule has 21 heavy (non-hydrogen) atoms. The number of nitrogens with zero attached hydrogens (tertiary/aromatic N) is 1. The molecule has 1 heterocycles. The van der Waals surface area contributed by atoms with Crippen molar-refractivity contribution in [1.29, 1.82) is 0 Å². The fraction of sp³-hybridized carbons (Fsp3) is 0.769. The van der Waals surface area contributed by atoms with E-state index < -0.39 is 10.0 Å². The van der Waals surface area contributed by atoms with E-state index in [1.165, 1.54) is 0 Å². The van der Waals surface area contributed by atoms with Crippen molar-refractivity contribution < 1.29 is 8.42 Å². The Labute approximate surface area is 130 Å². The number of H-pyrrole nitrogens is 1. The Kier molecular flexibility index (Phi) is 6.09. The lowest BCUT2D eigenvalue weighted by Gasteiger charge is -2.19. The molecule has 0 amide bonds. The van der Waals surface area contributed by atoms with Crippen molar-refractivity contribution in [2.24, 2.45) is 0 Å². The number of aromatic nitrogens is 2. The second kappa shape index (κ2) is 7.62. The van der Waals surface area contributed by atoms with E-state index in [4.69, 9.17) is 0 Å². The highest BCUT2D eigenvalue weighted by Crippen LogP contribution is 2.29. The van der Waals surface area contributed by atoms with Crippen LogP contribution in [0, 0.1) is 0 Å². The van der Waals surface area contributed by atoms with Gasteiger partial charge in [0.25, 0.3) is 10.0 Å². The van der Waals surface area contributed by atoms with Crippen LogP contribution in [-0.4, -0.2) is 42.7 Å². The second-order valence-electron chi connectivity index (χ2n) is 5.33. The number of sulfonamides is 1. The average molecular weight is 332 g/mol. The molecule has 0 radical (unpaired) electrons. The molecule has 8 heteroatoms. The van der Waals surface area contributed by atoms with Gasteiger partial charge in [0, 0.05) is 23.4 Å². The van der Waals surface area contributed by atoms with Gasteiger partial charge < -0.3 is 5.32 Å². The number of thioether (sulfide) groups is 1. The van der Waals surface area contributed by atoms with Crippen molar-refractivity contribution in [3.05, 3.63) is 11.8 Å². The summed E-state index contributed by atoms with van der Waals surface area (Å²) in [7, 11) is -3.53. The summed E-state index contributed by atoms with van der Waals surface area (Å²) in [6, 6.07) is 0.0183. The molecule has 3 N–H and O–H groups in total. The molecule has 6 nitrogen and oxygen atoms in total. The summed E-state index contributed by atoms with van der Waals surface area (Å²) in [4.78, 5) is 0. The fourth-order valence-corrected chi connectivity index (χ4v) is 5.12. The van der Waals surface area contributed by atoms with Gasteiger partial charge in [0.2, 0.25) is 0 Å². The zero-order chi connectivity index (χ0) is 15.3. The van der Waals surface area contributed by atoms with Crippen molar-refractivity contribution in [3.8, 4) is 0 Å². The van der Waals surface area contributed by atoms with Gasteiger partial charge in [-0.3, -0.25) is 5.10 Å². The molecule has 1 aliphatic carbocycles. The van der Waals surface area contributed by atoms with Crippen molar-refractivity contribution in [2.75, 3.05) is 12.8 Å². The van der Waals surface area contributed by atoms with Crippen LogP contribution in [0.15, 0.2) is 11.2 Å². The molecule has 120 valence electrons. The van der Waals surface area contributed by atoms with E-state index in [1.54, 1.807) is 18.0 Å². The minimum atomic E-state index is -3.53. The maximum Gasteiger partial charge on any atom is 0.258 e. The number of hydrogen-bond acceptors (Lipinski definition) is 5. The van der Waals surface area contributed by atoms with Gasteiger partial charge in [-0.05, 0) is 32.1 Å². The van der Waals surface area contributed by atoms with Gasteiger partial charge in [-0.15, -0.1) is 0 Å². The first kappa shape index (κ1) is 16.8. The molecule has 2 rings (SSSR count). The number of hydrogen-bond donors (Lipinski definition) is 3. The van der Waals surface area contributed by atoms with E-state index in [0.29, 0.717) is 17.4 Å². The first-order valence-corrected chi connectivity index (χ1v) is 10.1. The molecular formula is C13H24N4O2S2. The molecule has 1 fully saturated rings. The Morgan fingerprint density at radius 3 is 3.00 bits per heavy atom. The third-order valence-corrected chi connectivity index (χ3v) is 6.42. The maximum atomic E-state index is 12.5. The van der Waals surface area contributed by atoms with E-state index >= 15 is 0 Å². The molecule has 0 spiro atoms. The van der Waals surface area contributed by atoms with Crippen LogP contribution in [-0.2, 0) is 16.6 Å². The smallest absolute Gasteiger partial charge is 0.258 e. The largest absolute Gasteiger partial charge is 0.313 e. The Bertz CT molecular complexity index is 544. The van der Waals surface area contributed by atoms with Gasteiger partial charge in [0.15, 0.2) is 5.03 Å². The summed E-state index contributed by atoms with van der Waals surface area (Å²) in [5.74, 6) is 0. The quantitative estimate of drug-likeness (QED) is 0.628. The van der Waals surface area contributed by atoms with Crippen LogP contribution in [0.25, 0.3) is 0 Å². The van der Waals surface area contributed by atoms with Gasteiger partial charge in [-0.2, -0.15) is 16.9 Å². The first-order chi connectivity index (χ1) is 10.1. The van der Waals surface area contributed by atoms with E-state index in [2.05, 4.69) is 27.2 Å². The lowest BCUT2D eigenvalue weighted by molar-refractivity contribution is 0.549. The van der Waals surface area contributed by atoms with E-state index in [-0.39, 0.29) is 11.1 Å². The Balaban J connectivity index is 2.07. The zero-order valence-corrected chi connectivity index (χ0v) is 14.2. The maximum absolute atomic E-state index is 12.5. The number of rotatable bonds is 8. The second-order valence-corrected chi connectivity index (χ2v) is 8.06. The Morgan fingerprint density at radius 2 is 2.29 bits per heavy atom. The van der Waals surface area contributed by atoms with Gasteiger partial charge in [0.1, 0.15) is 0 Å². The molecule has 2 unspecified atom stereocenters. The lowest BCUT2D eigenvalue weighted by Crippen LogP contribution is -2.39. The molecule has 1 aromatic rings. The van der Waals surface area contributed by atoms with E-state index in [0.717, 1.165) is 32.2 Å². The summed E-state index contributed by atoms with van der Waals surface area (Å²) in [6.07, 6.45) is 7.68. The third-order valence-electron chi connectivity index (χ3n) is 3.75. The van der Waals surface area contributed by atoms with E-state index in [9.17, 15) is 8.42 Å². The monoisotopic (exact) mass is 332 g/mol. The van der Waals surface area contributed by atoms with Gasteiger partial charge in [-0.1, -0.05) is 13.3 Å². The summed E-state index contributed by atoms with van der Waals surface area (Å²) < 4.78 is 27.9. The van der Waals surface area contributed by atoms with Crippen molar-refractivity contribution in [2.45, 2.75) is 55.5 Å². The third kappa shape index (κ3) is 4.21. The summed E-state index contributed by atoms with van der Waals surface area (Å²) in [6.45, 7) is 3.44. The number of nitrogens with one attached hydrogen (secondary N) is 3. The van der Waals surface area contributed by atoms with Gasteiger partial charge in [-0.25, -0.2) is 13.1 Å². The van der Waals surface area contributed by atoms with Crippen molar-refractivity contribution in [3.63, 3.8) is 0 Å². The molecule has 0 aliphatic heterocycles. The Morgan fingerprint density at radius 1 is 1.48 bits per heavy atom. The highest BCUT2D eigenvalue weighted by molar-refractivity contribution is 7.99. The van der Waals surface area contributed by atoms with Gasteiger partial charge >= 0.3 is 0 Å². The molecule has 0 saturated heterocycles. The molecule has 2 atom stereocenters. The minimum absolute atomic E-state index is 0.0183. The Hall–Kier alpha value is -0.570. The van der Waals surface area contributed by atoms with Crippen LogP contribution in [0.1, 0.15) is 38.2 Å². The van der Waals surface area contributed by atoms with Crippen LogP contribution >= 0.6 is 11.8 Å². The van der Waals surface area contributed by atoms with Crippen LogP contribution in [0.3, 0.4) is 0 Å². The van der Waals surface area contributed by atoms with Crippen molar-refractivity contribution in [1.82, 2.24) is 20.2 Å². The lowest BCUT2D eigenvalue weighted by atomic mass is 10.3. The molecule has 1 saturated carbocycles. The zero-order valence-electron chi connectivity index (χ0n) is 12.6.